The fourth-order valence-corrected chi connectivity index (χ4v) is 2.96. The Kier molecular flexibility index (Phi) is 3.70. The molecule has 0 saturated carbocycles. The molecule has 0 spiro atoms. The molecule has 98 valence electrons. The van der Waals surface area contributed by atoms with Gasteiger partial charge in [-0.05, 0) is 40.0 Å². The molecular formula is C12H23N3O2. The number of likely N-dealkylation sites (N-methyl/N-ethyl adjacent to an activating group) is 1. The largest absolute Gasteiger partial charge is 0.481 e. The van der Waals surface area contributed by atoms with Gasteiger partial charge in [0, 0.05) is 19.1 Å². The van der Waals surface area contributed by atoms with Crippen LogP contribution in [0, 0.1) is 0 Å². The van der Waals surface area contributed by atoms with Crippen molar-refractivity contribution in [2.45, 2.75) is 30.8 Å². The molecule has 0 unspecified atom stereocenters. The molecule has 2 saturated heterocycles. The Morgan fingerprint density at radius 2 is 2.06 bits per heavy atom. The molecule has 2 aliphatic rings. The average molecular weight is 241 g/mol. The number of carboxylic acids is 1. The van der Waals surface area contributed by atoms with E-state index in [9.17, 15) is 4.79 Å². The summed E-state index contributed by atoms with van der Waals surface area (Å²) in [6, 6.07) is 0.535. The molecule has 2 aliphatic heterocycles. The van der Waals surface area contributed by atoms with Gasteiger partial charge in [0.15, 0.2) is 0 Å². The monoisotopic (exact) mass is 241 g/mol. The smallest absolute Gasteiger partial charge is 0.305 e. The molecule has 0 amide bonds. The van der Waals surface area contributed by atoms with Crippen molar-refractivity contribution in [3.8, 4) is 0 Å². The quantitative estimate of drug-likeness (QED) is 0.715. The number of aliphatic carboxylic acids is 1. The van der Waals surface area contributed by atoms with Gasteiger partial charge >= 0.3 is 5.97 Å². The van der Waals surface area contributed by atoms with Crippen LogP contribution in [0.25, 0.3) is 0 Å². The second-order valence-electron chi connectivity index (χ2n) is 5.54. The van der Waals surface area contributed by atoms with Crippen LogP contribution in [0.15, 0.2) is 0 Å². The maximum Gasteiger partial charge on any atom is 0.305 e. The molecule has 0 aromatic rings. The fourth-order valence-electron chi connectivity index (χ4n) is 2.96. The second-order valence-corrected chi connectivity index (χ2v) is 5.54. The summed E-state index contributed by atoms with van der Waals surface area (Å²) in [5, 5.41) is 12.3. The highest BCUT2D eigenvalue weighted by molar-refractivity contribution is 5.68. The van der Waals surface area contributed by atoms with Gasteiger partial charge in [-0.3, -0.25) is 9.69 Å². The first-order chi connectivity index (χ1) is 8.03. The standard InChI is InChI=1S/C12H23N3O2/c1-14-5-3-10(4-6-14)15(2)12(7-11(16)17)8-13-9-12/h10,13H,3-9H2,1-2H3,(H,16,17). The van der Waals surface area contributed by atoms with Gasteiger partial charge in [0.2, 0.25) is 0 Å². The highest BCUT2D eigenvalue weighted by Gasteiger charge is 2.45. The normalized spacial score (nSPS) is 25.8. The lowest BCUT2D eigenvalue weighted by Crippen LogP contribution is -2.71. The lowest BCUT2D eigenvalue weighted by atomic mass is 9.84. The molecule has 2 heterocycles. The lowest BCUT2D eigenvalue weighted by Gasteiger charge is -2.52. The minimum atomic E-state index is -0.689. The number of nitrogens with one attached hydrogen (secondary N) is 1. The number of likely N-dealkylation sites (tertiary alicyclic amines) is 1. The Labute approximate surface area is 103 Å². The molecule has 0 radical (unpaired) electrons. The second kappa shape index (κ2) is 4.92. The highest BCUT2D eigenvalue weighted by Crippen LogP contribution is 2.29. The van der Waals surface area contributed by atoms with Crippen molar-refractivity contribution < 1.29 is 9.90 Å². The minimum Gasteiger partial charge on any atom is -0.481 e. The van der Waals surface area contributed by atoms with Crippen LogP contribution in [0.5, 0.6) is 0 Å². The van der Waals surface area contributed by atoms with Crippen LogP contribution in [0.2, 0.25) is 0 Å². The number of hydrogen-bond donors (Lipinski definition) is 2. The van der Waals surface area contributed by atoms with E-state index in [1.807, 2.05) is 0 Å². The molecule has 5 heteroatoms. The van der Waals surface area contributed by atoms with E-state index in [0.717, 1.165) is 39.0 Å². The molecular weight excluding hydrogens is 218 g/mol. The third kappa shape index (κ3) is 2.61. The molecule has 2 rings (SSSR count). The number of hydrogen-bond acceptors (Lipinski definition) is 4. The molecule has 5 nitrogen and oxygen atoms in total. The third-order valence-corrected chi connectivity index (χ3v) is 4.37. The first-order valence-electron chi connectivity index (χ1n) is 6.37. The van der Waals surface area contributed by atoms with Crippen LogP contribution in [-0.4, -0.2) is 72.7 Å². The van der Waals surface area contributed by atoms with E-state index in [4.69, 9.17) is 5.11 Å². The van der Waals surface area contributed by atoms with Gasteiger partial charge in [-0.1, -0.05) is 0 Å². The summed E-state index contributed by atoms with van der Waals surface area (Å²) in [7, 11) is 4.24. The molecule has 0 aromatic carbocycles. The van der Waals surface area contributed by atoms with E-state index in [-0.39, 0.29) is 12.0 Å². The summed E-state index contributed by atoms with van der Waals surface area (Å²) in [6.07, 6.45) is 2.55. The SMILES string of the molecule is CN1CCC(N(C)C2(CC(=O)O)CNC2)CC1. The number of piperidine rings is 1. The number of carboxylic acid groups (broad SMARTS) is 1. The Hall–Kier alpha value is -0.650. The Morgan fingerprint density at radius 3 is 2.47 bits per heavy atom. The van der Waals surface area contributed by atoms with Crippen LogP contribution < -0.4 is 5.32 Å². The van der Waals surface area contributed by atoms with Gasteiger partial charge < -0.3 is 15.3 Å². The Bertz CT molecular complexity index is 283. The molecule has 2 N–H and O–H groups in total. The van der Waals surface area contributed by atoms with E-state index >= 15 is 0 Å². The number of nitrogens with zero attached hydrogens (tertiary/aromatic N) is 2. The van der Waals surface area contributed by atoms with Crippen molar-refractivity contribution in [2.24, 2.45) is 0 Å². The van der Waals surface area contributed by atoms with Crippen LogP contribution in [0.4, 0.5) is 0 Å². The fraction of sp³-hybridized carbons (Fsp3) is 0.917. The molecule has 0 aromatic heterocycles. The van der Waals surface area contributed by atoms with E-state index in [1.54, 1.807) is 0 Å². The van der Waals surface area contributed by atoms with E-state index < -0.39 is 5.97 Å². The van der Waals surface area contributed by atoms with Gasteiger partial charge in [-0.25, -0.2) is 0 Å². The molecule has 0 aliphatic carbocycles. The third-order valence-electron chi connectivity index (χ3n) is 4.37. The zero-order chi connectivity index (χ0) is 12.5. The average Bonchev–Trinajstić information content (AvgIpc) is 2.23. The molecule has 0 atom stereocenters. The van der Waals surface area contributed by atoms with Gasteiger partial charge in [0.25, 0.3) is 0 Å². The van der Waals surface area contributed by atoms with Crippen molar-refractivity contribution in [2.75, 3.05) is 40.3 Å². The van der Waals surface area contributed by atoms with E-state index in [2.05, 4.69) is 29.2 Å². The van der Waals surface area contributed by atoms with Crippen molar-refractivity contribution in [3.05, 3.63) is 0 Å². The van der Waals surface area contributed by atoms with Crippen molar-refractivity contribution >= 4 is 5.97 Å². The Morgan fingerprint density at radius 1 is 1.47 bits per heavy atom. The topological polar surface area (TPSA) is 55.8 Å². The van der Waals surface area contributed by atoms with Crippen molar-refractivity contribution in [1.82, 2.24) is 15.1 Å². The van der Waals surface area contributed by atoms with Gasteiger partial charge in [-0.2, -0.15) is 0 Å². The first-order valence-corrected chi connectivity index (χ1v) is 6.37. The summed E-state index contributed by atoms with van der Waals surface area (Å²) >= 11 is 0. The first kappa shape index (κ1) is 12.8. The maximum atomic E-state index is 11.0. The van der Waals surface area contributed by atoms with Crippen molar-refractivity contribution in [1.29, 1.82) is 0 Å². The van der Waals surface area contributed by atoms with Crippen LogP contribution in [-0.2, 0) is 4.79 Å². The zero-order valence-corrected chi connectivity index (χ0v) is 10.8. The van der Waals surface area contributed by atoms with E-state index in [1.165, 1.54) is 0 Å². The van der Waals surface area contributed by atoms with Crippen LogP contribution in [0.3, 0.4) is 0 Å². The summed E-state index contributed by atoms with van der Waals surface area (Å²) in [5.41, 5.74) is -0.146. The predicted octanol–water partition coefficient (Wildman–Crippen LogP) is -0.171. The predicted molar refractivity (Wildman–Crippen MR) is 66.1 cm³/mol. The van der Waals surface area contributed by atoms with Crippen LogP contribution >= 0.6 is 0 Å². The van der Waals surface area contributed by atoms with Gasteiger partial charge in [0.1, 0.15) is 0 Å². The van der Waals surface area contributed by atoms with Crippen molar-refractivity contribution in [3.63, 3.8) is 0 Å². The van der Waals surface area contributed by atoms with E-state index in [0.29, 0.717) is 6.04 Å². The molecule has 0 bridgehead atoms. The Balaban J connectivity index is 1.97. The summed E-state index contributed by atoms with van der Waals surface area (Å²) < 4.78 is 0. The summed E-state index contributed by atoms with van der Waals surface area (Å²) in [6.45, 7) is 3.85. The maximum absolute atomic E-state index is 11.0. The minimum absolute atomic E-state index is 0.146. The van der Waals surface area contributed by atoms with Gasteiger partial charge in [-0.15, -0.1) is 0 Å². The van der Waals surface area contributed by atoms with Crippen LogP contribution in [0.1, 0.15) is 19.3 Å². The lowest BCUT2D eigenvalue weighted by molar-refractivity contribution is -0.142. The zero-order valence-electron chi connectivity index (χ0n) is 10.8. The number of rotatable bonds is 4. The van der Waals surface area contributed by atoms with Gasteiger partial charge in [0.05, 0.1) is 12.0 Å². The summed E-state index contributed by atoms with van der Waals surface area (Å²) in [4.78, 5) is 15.6. The highest BCUT2D eigenvalue weighted by atomic mass is 16.4. The molecule has 17 heavy (non-hydrogen) atoms. The number of carbonyl (C=O) groups is 1. The molecule has 2 fully saturated rings. The summed E-state index contributed by atoms with van der Waals surface area (Å²) in [5.74, 6) is -0.689.